The van der Waals surface area contributed by atoms with E-state index in [1.807, 2.05) is 25.1 Å². The molecule has 0 saturated heterocycles. The summed E-state index contributed by atoms with van der Waals surface area (Å²) in [5.41, 5.74) is 6.54. The fourth-order valence-corrected chi connectivity index (χ4v) is 1.11. The molecule has 0 saturated carbocycles. The summed E-state index contributed by atoms with van der Waals surface area (Å²) in [7, 11) is 1.62. The minimum absolute atomic E-state index is 0. The van der Waals surface area contributed by atoms with Gasteiger partial charge in [0.25, 0.3) is 0 Å². The second kappa shape index (κ2) is 6.51. The van der Waals surface area contributed by atoms with Gasteiger partial charge in [0.15, 0.2) is 11.5 Å². The summed E-state index contributed by atoms with van der Waals surface area (Å²) in [6.07, 6.45) is 0. The molecule has 0 spiro atoms. The quantitative estimate of drug-likeness (QED) is 0.839. The third kappa shape index (κ3) is 3.09. The lowest BCUT2D eigenvalue weighted by atomic mass is 10.2. The molecule has 0 radical (unpaired) electrons. The molecule has 1 rings (SSSR count). The van der Waals surface area contributed by atoms with Crippen LogP contribution in [0.4, 0.5) is 0 Å². The molecular formula is C10H16ClNO2. The van der Waals surface area contributed by atoms with Crippen LogP contribution in [0.2, 0.25) is 0 Å². The van der Waals surface area contributed by atoms with Gasteiger partial charge in [-0.1, -0.05) is 6.07 Å². The molecule has 1 aromatic carbocycles. The minimum Gasteiger partial charge on any atom is -0.493 e. The van der Waals surface area contributed by atoms with Crippen LogP contribution >= 0.6 is 12.4 Å². The molecule has 0 aliphatic heterocycles. The summed E-state index contributed by atoms with van der Waals surface area (Å²) in [6.45, 7) is 3.09. The largest absolute Gasteiger partial charge is 0.493 e. The highest BCUT2D eigenvalue weighted by molar-refractivity contribution is 5.85. The SMILES string of the molecule is CCOc1ccc(CN)cc1OC.Cl. The lowest BCUT2D eigenvalue weighted by Gasteiger charge is -2.09. The Hall–Kier alpha value is -0.930. The van der Waals surface area contributed by atoms with Crippen LogP contribution in [-0.2, 0) is 6.54 Å². The van der Waals surface area contributed by atoms with E-state index in [4.69, 9.17) is 15.2 Å². The summed E-state index contributed by atoms with van der Waals surface area (Å²) in [5, 5.41) is 0. The van der Waals surface area contributed by atoms with E-state index in [9.17, 15) is 0 Å². The van der Waals surface area contributed by atoms with Crippen molar-refractivity contribution in [2.24, 2.45) is 5.73 Å². The van der Waals surface area contributed by atoms with Crippen molar-refractivity contribution in [2.45, 2.75) is 13.5 Å². The van der Waals surface area contributed by atoms with Gasteiger partial charge in [-0.3, -0.25) is 0 Å². The number of methoxy groups -OCH3 is 1. The maximum atomic E-state index is 5.50. The van der Waals surface area contributed by atoms with E-state index in [0.717, 1.165) is 17.1 Å². The number of rotatable bonds is 4. The third-order valence-electron chi connectivity index (χ3n) is 1.76. The van der Waals surface area contributed by atoms with Gasteiger partial charge in [-0.15, -0.1) is 12.4 Å². The lowest BCUT2D eigenvalue weighted by Crippen LogP contribution is -1.99. The smallest absolute Gasteiger partial charge is 0.161 e. The zero-order chi connectivity index (χ0) is 9.68. The van der Waals surface area contributed by atoms with Crippen molar-refractivity contribution in [2.75, 3.05) is 13.7 Å². The highest BCUT2D eigenvalue weighted by Gasteiger charge is 2.03. The van der Waals surface area contributed by atoms with Crippen LogP contribution in [-0.4, -0.2) is 13.7 Å². The van der Waals surface area contributed by atoms with Crippen molar-refractivity contribution in [1.82, 2.24) is 0 Å². The first-order chi connectivity index (χ1) is 6.31. The Labute approximate surface area is 90.6 Å². The van der Waals surface area contributed by atoms with Gasteiger partial charge in [0, 0.05) is 6.54 Å². The summed E-state index contributed by atoms with van der Waals surface area (Å²) in [5.74, 6) is 1.51. The molecule has 0 heterocycles. The van der Waals surface area contributed by atoms with Crippen LogP contribution in [0, 0.1) is 0 Å². The Morgan fingerprint density at radius 1 is 1.29 bits per heavy atom. The lowest BCUT2D eigenvalue weighted by molar-refractivity contribution is 0.310. The highest BCUT2D eigenvalue weighted by Crippen LogP contribution is 2.27. The minimum atomic E-state index is 0. The molecule has 0 aromatic heterocycles. The molecule has 80 valence electrons. The van der Waals surface area contributed by atoms with E-state index in [2.05, 4.69) is 0 Å². The first-order valence-electron chi connectivity index (χ1n) is 4.31. The Morgan fingerprint density at radius 3 is 2.50 bits per heavy atom. The van der Waals surface area contributed by atoms with Crippen molar-refractivity contribution in [3.05, 3.63) is 23.8 Å². The number of benzene rings is 1. The summed E-state index contributed by atoms with van der Waals surface area (Å²) < 4.78 is 10.5. The monoisotopic (exact) mass is 217 g/mol. The fraction of sp³-hybridized carbons (Fsp3) is 0.400. The van der Waals surface area contributed by atoms with Gasteiger partial charge < -0.3 is 15.2 Å². The second-order valence-electron chi connectivity index (χ2n) is 2.62. The third-order valence-corrected chi connectivity index (χ3v) is 1.76. The maximum Gasteiger partial charge on any atom is 0.161 e. The number of ether oxygens (including phenoxy) is 2. The molecule has 0 fully saturated rings. The number of halogens is 1. The normalized spacial score (nSPS) is 9.07. The highest BCUT2D eigenvalue weighted by atomic mass is 35.5. The van der Waals surface area contributed by atoms with E-state index in [0.29, 0.717) is 13.2 Å². The van der Waals surface area contributed by atoms with Gasteiger partial charge in [-0.05, 0) is 24.6 Å². The Kier molecular flexibility index (Phi) is 6.08. The maximum absolute atomic E-state index is 5.50. The predicted octanol–water partition coefficient (Wildman–Crippen LogP) is 1.97. The molecular weight excluding hydrogens is 202 g/mol. The van der Waals surface area contributed by atoms with Crippen molar-refractivity contribution in [3.63, 3.8) is 0 Å². The van der Waals surface area contributed by atoms with Gasteiger partial charge in [-0.2, -0.15) is 0 Å². The number of nitrogens with two attached hydrogens (primary N) is 1. The molecule has 14 heavy (non-hydrogen) atoms. The summed E-state index contributed by atoms with van der Waals surface area (Å²) in [4.78, 5) is 0. The van der Waals surface area contributed by atoms with Gasteiger partial charge >= 0.3 is 0 Å². The van der Waals surface area contributed by atoms with E-state index >= 15 is 0 Å². The van der Waals surface area contributed by atoms with Crippen LogP contribution in [0.25, 0.3) is 0 Å². The fourth-order valence-electron chi connectivity index (χ4n) is 1.11. The molecule has 0 aliphatic rings. The van der Waals surface area contributed by atoms with Crippen molar-refractivity contribution >= 4 is 12.4 Å². The average molecular weight is 218 g/mol. The van der Waals surface area contributed by atoms with E-state index in [1.54, 1.807) is 7.11 Å². The first kappa shape index (κ1) is 13.1. The van der Waals surface area contributed by atoms with Gasteiger partial charge in [0.2, 0.25) is 0 Å². The van der Waals surface area contributed by atoms with Gasteiger partial charge in [-0.25, -0.2) is 0 Å². The topological polar surface area (TPSA) is 44.5 Å². The summed E-state index contributed by atoms with van der Waals surface area (Å²) in [6, 6.07) is 5.71. The molecule has 0 aliphatic carbocycles. The molecule has 0 amide bonds. The molecule has 0 bridgehead atoms. The van der Waals surface area contributed by atoms with Crippen LogP contribution < -0.4 is 15.2 Å². The molecule has 1 aromatic rings. The van der Waals surface area contributed by atoms with Crippen molar-refractivity contribution < 1.29 is 9.47 Å². The van der Waals surface area contributed by atoms with Crippen LogP contribution in [0.1, 0.15) is 12.5 Å². The Morgan fingerprint density at radius 2 is 2.00 bits per heavy atom. The second-order valence-corrected chi connectivity index (χ2v) is 2.62. The van der Waals surface area contributed by atoms with Crippen LogP contribution in [0.3, 0.4) is 0 Å². The predicted molar refractivity (Wildman–Crippen MR) is 59.3 cm³/mol. The zero-order valence-electron chi connectivity index (χ0n) is 8.45. The van der Waals surface area contributed by atoms with Gasteiger partial charge in [0.1, 0.15) is 0 Å². The van der Waals surface area contributed by atoms with Crippen molar-refractivity contribution in [3.8, 4) is 11.5 Å². The average Bonchev–Trinajstić information content (AvgIpc) is 2.19. The number of hydrogen-bond donors (Lipinski definition) is 1. The Balaban J connectivity index is 0.00000169. The zero-order valence-corrected chi connectivity index (χ0v) is 9.26. The van der Waals surface area contributed by atoms with Crippen LogP contribution in [0.5, 0.6) is 11.5 Å². The standard InChI is InChI=1S/C10H15NO2.ClH/c1-3-13-9-5-4-8(7-11)6-10(9)12-2;/h4-6H,3,7,11H2,1-2H3;1H. The van der Waals surface area contributed by atoms with E-state index in [1.165, 1.54) is 0 Å². The summed E-state index contributed by atoms with van der Waals surface area (Å²) >= 11 is 0. The van der Waals surface area contributed by atoms with Crippen LogP contribution in [0.15, 0.2) is 18.2 Å². The number of hydrogen-bond acceptors (Lipinski definition) is 3. The van der Waals surface area contributed by atoms with Crippen molar-refractivity contribution in [1.29, 1.82) is 0 Å². The molecule has 0 unspecified atom stereocenters. The molecule has 2 N–H and O–H groups in total. The first-order valence-corrected chi connectivity index (χ1v) is 4.31. The van der Waals surface area contributed by atoms with E-state index in [-0.39, 0.29) is 12.4 Å². The molecule has 4 heteroatoms. The van der Waals surface area contributed by atoms with E-state index < -0.39 is 0 Å². The molecule has 0 atom stereocenters. The van der Waals surface area contributed by atoms with Gasteiger partial charge in [0.05, 0.1) is 13.7 Å². The molecule has 3 nitrogen and oxygen atoms in total. The Bertz CT molecular complexity index is 279.